The summed E-state index contributed by atoms with van der Waals surface area (Å²) in [6.07, 6.45) is 1.23. The molecule has 3 aliphatic rings. The minimum absolute atomic E-state index is 0.0494. The molecular weight excluding hydrogens is 453 g/mol. The van der Waals surface area contributed by atoms with Crippen LogP contribution in [0.4, 0.5) is 9.18 Å². The fourth-order valence-electron chi connectivity index (χ4n) is 5.21. The van der Waals surface area contributed by atoms with Crippen LogP contribution in [-0.4, -0.2) is 82.0 Å². The van der Waals surface area contributed by atoms with Crippen LogP contribution in [0.15, 0.2) is 24.3 Å². The number of piperazine rings is 1. The summed E-state index contributed by atoms with van der Waals surface area (Å²) >= 11 is 0. The number of alkyl carbamates (subject to hydrolysis) is 1. The van der Waals surface area contributed by atoms with E-state index in [1.807, 2.05) is 4.90 Å². The van der Waals surface area contributed by atoms with Crippen molar-refractivity contribution in [2.45, 2.75) is 76.3 Å². The number of nitriles is 1. The van der Waals surface area contributed by atoms with Crippen LogP contribution in [0, 0.1) is 17.1 Å². The van der Waals surface area contributed by atoms with Gasteiger partial charge in [-0.2, -0.15) is 5.26 Å². The summed E-state index contributed by atoms with van der Waals surface area (Å²) in [5.74, 6) is -0.745. The molecule has 35 heavy (non-hydrogen) atoms. The average Bonchev–Trinajstić information content (AvgIpc) is 3.48. The van der Waals surface area contributed by atoms with Crippen molar-refractivity contribution in [3.63, 3.8) is 0 Å². The Morgan fingerprint density at radius 3 is 2.77 bits per heavy atom. The van der Waals surface area contributed by atoms with Gasteiger partial charge in [-0.15, -0.1) is 0 Å². The van der Waals surface area contributed by atoms with Crippen molar-refractivity contribution in [1.29, 1.82) is 5.26 Å². The lowest BCUT2D eigenvalue weighted by molar-refractivity contribution is -0.140. The molecule has 2 bridgehead atoms. The van der Waals surface area contributed by atoms with Crippen molar-refractivity contribution < 1.29 is 23.5 Å². The second-order valence-electron chi connectivity index (χ2n) is 10.5. The molecule has 3 aliphatic heterocycles. The third-order valence-corrected chi connectivity index (χ3v) is 6.72. The lowest BCUT2D eigenvalue weighted by Gasteiger charge is -2.36. The Hall–Kier alpha value is -3.19. The SMILES string of the molecule is CC(C)(C)OC(=O)N[C@@H](CN1C[C@H]2C[C@@H]1C(=O)N2Cc1cccc(F)c1)C(=O)N1CCC[C@H]1C#N. The van der Waals surface area contributed by atoms with Gasteiger partial charge in [-0.3, -0.25) is 14.5 Å². The van der Waals surface area contributed by atoms with Crippen LogP contribution in [0.3, 0.4) is 0 Å². The van der Waals surface area contributed by atoms with E-state index in [1.54, 1.807) is 37.8 Å². The molecule has 4 atom stereocenters. The molecule has 1 aromatic carbocycles. The molecule has 1 aromatic rings. The van der Waals surface area contributed by atoms with E-state index in [0.717, 1.165) is 12.0 Å². The van der Waals surface area contributed by atoms with Gasteiger partial charge in [-0.25, -0.2) is 9.18 Å². The molecule has 0 spiro atoms. The Morgan fingerprint density at radius 2 is 2.11 bits per heavy atom. The molecule has 3 heterocycles. The lowest BCUT2D eigenvalue weighted by Crippen LogP contribution is -2.58. The molecule has 1 N–H and O–H groups in total. The molecule has 0 radical (unpaired) electrons. The van der Waals surface area contributed by atoms with Gasteiger partial charge >= 0.3 is 6.09 Å². The molecule has 0 aliphatic carbocycles. The molecule has 0 aromatic heterocycles. The Morgan fingerprint density at radius 1 is 1.34 bits per heavy atom. The summed E-state index contributed by atoms with van der Waals surface area (Å²) < 4.78 is 18.9. The maximum Gasteiger partial charge on any atom is 0.408 e. The quantitative estimate of drug-likeness (QED) is 0.661. The zero-order chi connectivity index (χ0) is 25.3. The second kappa shape index (κ2) is 9.82. The van der Waals surface area contributed by atoms with E-state index < -0.39 is 29.8 Å². The van der Waals surface area contributed by atoms with Gasteiger partial charge in [0.05, 0.1) is 12.1 Å². The number of nitrogens with one attached hydrogen (secondary N) is 1. The highest BCUT2D eigenvalue weighted by molar-refractivity contribution is 5.88. The van der Waals surface area contributed by atoms with Gasteiger partial charge in [0.2, 0.25) is 11.8 Å². The van der Waals surface area contributed by atoms with E-state index in [9.17, 15) is 24.0 Å². The number of fused-ring (bicyclic) bond motifs is 2. The van der Waals surface area contributed by atoms with E-state index in [-0.39, 0.29) is 30.2 Å². The molecular formula is C25H32FN5O4. The Kier molecular flexibility index (Phi) is 6.99. The first-order valence-corrected chi connectivity index (χ1v) is 12.0. The van der Waals surface area contributed by atoms with Crippen LogP contribution >= 0.6 is 0 Å². The Bertz CT molecular complexity index is 1040. The first-order valence-electron chi connectivity index (χ1n) is 12.0. The van der Waals surface area contributed by atoms with Crippen molar-refractivity contribution in [2.24, 2.45) is 0 Å². The molecule has 0 unspecified atom stereocenters. The number of carbonyl (C=O) groups excluding carboxylic acids is 3. The summed E-state index contributed by atoms with van der Waals surface area (Å²) in [7, 11) is 0. The van der Waals surface area contributed by atoms with Crippen LogP contribution in [-0.2, 0) is 20.9 Å². The average molecular weight is 486 g/mol. The molecule has 188 valence electrons. The van der Waals surface area contributed by atoms with Crippen molar-refractivity contribution in [2.75, 3.05) is 19.6 Å². The first kappa shape index (κ1) is 24.9. The smallest absolute Gasteiger partial charge is 0.408 e. The second-order valence-corrected chi connectivity index (χ2v) is 10.5. The van der Waals surface area contributed by atoms with Gasteiger partial charge in [-0.05, 0) is 57.7 Å². The van der Waals surface area contributed by atoms with Crippen molar-refractivity contribution in [3.05, 3.63) is 35.6 Å². The van der Waals surface area contributed by atoms with Crippen molar-refractivity contribution in [3.8, 4) is 6.07 Å². The van der Waals surface area contributed by atoms with Gasteiger partial charge < -0.3 is 19.9 Å². The maximum atomic E-state index is 13.6. The van der Waals surface area contributed by atoms with E-state index >= 15 is 0 Å². The molecule has 3 amide bonds. The van der Waals surface area contributed by atoms with Gasteiger partial charge in [0, 0.05) is 32.2 Å². The summed E-state index contributed by atoms with van der Waals surface area (Å²) in [6.45, 7) is 6.70. The van der Waals surface area contributed by atoms with Crippen molar-refractivity contribution in [1.82, 2.24) is 20.0 Å². The predicted octanol–water partition coefficient (Wildman–Crippen LogP) is 2.02. The van der Waals surface area contributed by atoms with Gasteiger partial charge in [0.15, 0.2) is 0 Å². The summed E-state index contributed by atoms with van der Waals surface area (Å²) in [5.41, 5.74) is -0.00525. The molecule has 0 saturated carbocycles. The number of hydrogen-bond acceptors (Lipinski definition) is 6. The van der Waals surface area contributed by atoms with Crippen molar-refractivity contribution >= 4 is 17.9 Å². The number of ether oxygens (including phenoxy) is 1. The third kappa shape index (κ3) is 5.56. The van der Waals surface area contributed by atoms with Crippen LogP contribution in [0.2, 0.25) is 0 Å². The number of likely N-dealkylation sites (tertiary alicyclic amines) is 3. The van der Waals surface area contributed by atoms with Crippen LogP contribution in [0.25, 0.3) is 0 Å². The highest BCUT2D eigenvalue weighted by atomic mass is 19.1. The molecule has 4 rings (SSSR count). The van der Waals surface area contributed by atoms with E-state index in [4.69, 9.17) is 4.74 Å². The summed E-state index contributed by atoms with van der Waals surface area (Å²) in [4.78, 5) is 44.2. The van der Waals surface area contributed by atoms with E-state index in [1.165, 1.54) is 17.0 Å². The third-order valence-electron chi connectivity index (χ3n) is 6.72. The zero-order valence-corrected chi connectivity index (χ0v) is 20.4. The topological polar surface area (TPSA) is 106 Å². The maximum absolute atomic E-state index is 13.6. The normalized spacial score (nSPS) is 25.0. The summed E-state index contributed by atoms with van der Waals surface area (Å²) in [5, 5.41) is 12.1. The Balaban J connectivity index is 1.45. The number of halogens is 1. The number of nitrogens with zero attached hydrogens (tertiary/aromatic N) is 4. The first-order chi connectivity index (χ1) is 16.6. The van der Waals surface area contributed by atoms with Crippen LogP contribution < -0.4 is 5.32 Å². The van der Waals surface area contributed by atoms with Gasteiger partial charge in [0.1, 0.15) is 23.5 Å². The monoisotopic (exact) mass is 485 g/mol. The number of benzene rings is 1. The molecule has 9 nitrogen and oxygen atoms in total. The number of carbonyl (C=O) groups is 3. The highest BCUT2D eigenvalue weighted by Gasteiger charge is 2.50. The Labute approximate surface area is 204 Å². The fraction of sp³-hybridized carbons (Fsp3) is 0.600. The van der Waals surface area contributed by atoms with Crippen LogP contribution in [0.1, 0.15) is 45.6 Å². The van der Waals surface area contributed by atoms with Gasteiger partial charge in [0.25, 0.3) is 0 Å². The van der Waals surface area contributed by atoms with E-state index in [2.05, 4.69) is 11.4 Å². The lowest BCUT2D eigenvalue weighted by atomic mass is 10.1. The minimum Gasteiger partial charge on any atom is -0.444 e. The molecule has 3 fully saturated rings. The predicted molar refractivity (Wildman–Crippen MR) is 124 cm³/mol. The highest BCUT2D eigenvalue weighted by Crippen LogP contribution is 2.33. The molecule has 10 heteroatoms. The number of rotatable bonds is 6. The van der Waals surface area contributed by atoms with E-state index in [0.29, 0.717) is 32.5 Å². The number of amides is 3. The van der Waals surface area contributed by atoms with Gasteiger partial charge in [-0.1, -0.05) is 12.1 Å². The standard InChI is InChI=1S/C25H32FN5O4/c1-25(2,3)35-24(34)28-20(22(32)30-9-5-8-18(30)12-27)15-29-14-19-11-21(29)23(33)31(19)13-16-6-4-7-17(26)10-16/h4,6-7,10,18-21H,5,8-9,11,13-15H2,1-3H3,(H,28,34)/t18-,19+,20-,21+/m0/s1. The summed E-state index contributed by atoms with van der Waals surface area (Å²) in [6, 6.07) is 6.46. The zero-order valence-electron chi connectivity index (χ0n) is 20.4. The fourth-order valence-corrected chi connectivity index (χ4v) is 5.21. The minimum atomic E-state index is -0.942. The molecule has 3 saturated heterocycles. The largest absolute Gasteiger partial charge is 0.444 e. The number of hydrogen-bond donors (Lipinski definition) is 1. The van der Waals surface area contributed by atoms with Crippen LogP contribution in [0.5, 0.6) is 0 Å².